The highest BCUT2D eigenvalue weighted by molar-refractivity contribution is 6.46. The van der Waals surface area contributed by atoms with Crippen LogP contribution in [0.25, 0.3) is 5.76 Å². The molecule has 1 N–H and O–H groups in total. The summed E-state index contributed by atoms with van der Waals surface area (Å²) in [5.74, 6) is -0.409. The number of nitrogens with zero attached hydrogens (tertiary/aromatic N) is 1. The first kappa shape index (κ1) is 23.2. The van der Waals surface area contributed by atoms with E-state index in [2.05, 4.69) is 0 Å². The van der Waals surface area contributed by atoms with E-state index in [1.54, 1.807) is 18.2 Å². The van der Waals surface area contributed by atoms with E-state index >= 15 is 0 Å². The third kappa shape index (κ3) is 4.28. The summed E-state index contributed by atoms with van der Waals surface area (Å²) >= 11 is 0. The number of hydrogen-bond acceptors (Lipinski definition) is 6. The van der Waals surface area contributed by atoms with Crippen LogP contribution in [0.4, 0.5) is 0 Å². The molecule has 1 saturated heterocycles. The van der Waals surface area contributed by atoms with Crippen molar-refractivity contribution in [2.24, 2.45) is 0 Å². The summed E-state index contributed by atoms with van der Waals surface area (Å²) in [4.78, 5) is 27.5. The summed E-state index contributed by atoms with van der Waals surface area (Å²) in [7, 11) is 2.93. The summed E-state index contributed by atoms with van der Waals surface area (Å²) in [6, 6.07) is 11.6. The van der Waals surface area contributed by atoms with Gasteiger partial charge in [-0.3, -0.25) is 9.59 Å². The van der Waals surface area contributed by atoms with Crippen molar-refractivity contribution in [1.29, 1.82) is 0 Å². The predicted molar refractivity (Wildman–Crippen MR) is 121 cm³/mol. The minimum atomic E-state index is -0.755. The maximum absolute atomic E-state index is 13.1. The van der Waals surface area contributed by atoms with Gasteiger partial charge in [0.2, 0.25) is 0 Å². The molecule has 0 bridgehead atoms. The fourth-order valence-corrected chi connectivity index (χ4v) is 3.91. The standard InChI is InChI=1S/C25H29NO6/c1-5-13-26-22(16-9-7-10-17(15-16)32-14-6-2)21(24(28)25(26)29)23(27)20-18(30-3)11-8-12-19(20)31-4/h7-12,15,22,27H,5-6,13-14H2,1-4H3/b23-21+. The lowest BCUT2D eigenvalue weighted by Gasteiger charge is -2.25. The van der Waals surface area contributed by atoms with E-state index in [4.69, 9.17) is 14.2 Å². The van der Waals surface area contributed by atoms with Crippen molar-refractivity contribution < 1.29 is 28.9 Å². The Balaban J connectivity index is 2.23. The van der Waals surface area contributed by atoms with Crippen molar-refractivity contribution >= 4 is 17.4 Å². The highest BCUT2D eigenvalue weighted by Crippen LogP contribution is 2.43. The van der Waals surface area contributed by atoms with Crippen LogP contribution < -0.4 is 14.2 Å². The Hall–Kier alpha value is -3.48. The topological polar surface area (TPSA) is 85.3 Å². The van der Waals surface area contributed by atoms with Crippen molar-refractivity contribution in [1.82, 2.24) is 4.90 Å². The van der Waals surface area contributed by atoms with Crippen molar-refractivity contribution in [3.63, 3.8) is 0 Å². The van der Waals surface area contributed by atoms with Crippen molar-refractivity contribution in [2.75, 3.05) is 27.4 Å². The van der Waals surface area contributed by atoms with Crippen LogP contribution in [0.3, 0.4) is 0 Å². The summed E-state index contributed by atoms with van der Waals surface area (Å²) in [5.41, 5.74) is 0.913. The van der Waals surface area contributed by atoms with Gasteiger partial charge in [0.05, 0.1) is 32.4 Å². The zero-order chi connectivity index (χ0) is 23.3. The van der Waals surface area contributed by atoms with Gasteiger partial charge in [-0.1, -0.05) is 32.0 Å². The van der Waals surface area contributed by atoms with Crippen molar-refractivity contribution in [3.05, 3.63) is 59.2 Å². The van der Waals surface area contributed by atoms with Crippen LogP contribution in [0, 0.1) is 0 Å². The van der Waals surface area contributed by atoms with Crippen LogP contribution in [0.2, 0.25) is 0 Å². The fraction of sp³-hybridized carbons (Fsp3) is 0.360. The highest BCUT2D eigenvalue weighted by atomic mass is 16.5. The molecule has 0 aromatic heterocycles. The molecule has 1 amide bonds. The number of aliphatic hydroxyl groups is 1. The number of likely N-dealkylation sites (tertiary alicyclic amines) is 1. The zero-order valence-corrected chi connectivity index (χ0v) is 18.9. The lowest BCUT2D eigenvalue weighted by Crippen LogP contribution is -2.30. The average Bonchev–Trinajstić information content (AvgIpc) is 3.07. The zero-order valence-electron chi connectivity index (χ0n) is 18.9. The molecule has 0 aliphatic carbocycles. The number of carbonyl (C=O) groups excluding carboxylic acids is 2. The number of hydrogen-bond donors (Lipinski definition) is 1. The van der Waals surface area contributed by atoms with Crippen molar-refractivity contribution in [2.45, 2.75) is 32.7 Å². The van der Waals surface area contributed by atoms with Gasteiger partial charge < -0.3 is 24.2 Å². The Bertz CT molecular complexity index is 1010. The SMILES string of the molecule is CCCOc1cccc(C2/C(=C(\O)c3c(OC)cccc3OC)C(=O)C(=O)N2CCC)c1. The van der Waals surface area contributed by atoms with E-state index in [0.717, 1.165) is 6.42 Å². The molecule has 0 saturated carbocycles. The quantitative estimate of drug-likeness (QED) is 0.356. The minimum Gasteiger partial charge on any atom is -0.506 e. The number of amides is 1. The normalized spacial score (nSPS) is 17.5. The monoisotopic (exact) mass is 439 g/mol. The Morgan fingerprint density at radius 1 is 1.00 bits per heavy atom. The number of methoxy groups -OCH3 is 2. The van der Waals surface area contributed by atoms with Gasteiger partial charge in [-0.15, -0.1) is 0 Å². The molecule has 1 heterocycles. The van der Waals surface area contributed by atoms with Gasteiger partial charge in [0.15, 0.2) is 0 Å². The Morgan fingerprint density at radius 2 is 1.66 bits per heavy atom. The average molecular weight is 440 g/mol. The minimum absolute atomic E-state index is 0.00103. The molecular formula is C25H29NO6. The van der Waals surface area contributed by atoms with Crippen LogP contribution in [0.1, 0.15) is 43.9 Å². The maximum atomic E-state index is 13.1. The summed E-state index contributed by atoms with van der Waals surface area (Å²) in [5, 5.41) is 11.3. The molecule has 32 heavy (non-hydrogen) atoms. The Kier molecular flexibility index (Phi) is 7.41. The van der Waals surface area contributed by atoms with Gasteiger partial charge in [-0.05, 0) is 42.7 Å². The first-order valence-corrected chi connectivity index (χ1v) is 10.7. The first-order chi connectivity index (χ1) is 15.5. The smallest absolute Gasteiger partial charge is 0.295 e. The molecule has 1 atom stereocenters. The lowest BCUT2D eigenvalue weighted by molar-refractivity contribution is -0.139. The predicted octanol–water partition coefficient (Wildman–Crippen LogP) is 4.32. The van der Waals surface area contributed by atoms with E-state index in [1.165, 1.54) is 19.1 Å². The van der Waals surface area contributed by atoms with Gasteiger partial charge in [0.1, 0.15) is 28.6 Å². The van der Waals surface area contributed by atoms with E-state index < -0.39 is 17.7 Å². The number of carbonyl (C=O) groups is 2. The second kappa shape index (κ2) is 10.2. The van der Waals surface area contributed by atoms with Gasteiger partial charge in [-0.2, -0.15) is 0 Å². The van der Waals surface area contributed by atoms with Gasteiger partial charge in [-0.25, -0.2) is 0 Å². The second-order valence-corrected chi connectivity index (χ2v) is 7.45. The first-order valence-electron chi connectivity index (χ1n) is 10.7. The molecule has 2 aromatic rings. The Labute approximate surface area is 188 Å². The van der Waals surface area contributed by atoms with Crippen LogP contribution >= 0.6 is 0 Å². The summed E-state index contributed by atoms with van der Waals surface area (Å²) in [6.45, 7) is 4.87. The molecule has 1 aliphatic heterocycles. The third-order valence-electron chi connectivity index (χ3n) is 5.32. The molecule has 0 spiro atoms. The number of Topliss-reactive ketones (excluding diaryl/α,β-unsaturated/α-hetero) is 1. The molecule has 3 rings (SSSR count). The second-order valence-electron chi connectivity index (χ2n) is 7.45. The molecular weight excluding hydrogens is 410 g/mol. The van der Waals surface area contributed by atoms with Crippen molar-refractivity contribution in [3.8, 4) is 17.2 Å². The van der Waals surface area contributed by atoms with Crippen LogP contribution in [0.5, 0.6) is 17.2 Å². The molecule has 7 nitrogen and oxygen atoms in total. The molecule has 2 aromatic carbocycles. The lowest BCUT2D eigenvalue weighted by atomic mass is 9.94. The number of aliphatic hydroxyl groups excluding tert-OH is 1. The molecule has 170 valence electrons. The van der Waals surface area contributed by atoms with E-state index in [0.29, 0.717) is 42.4 Å². The summed E-state index contributed by atoms with van der Waals surface area (Å²) < 4.78 is 16.6. The number of ether oxygens (including phenoxy) is 3. The number of rotatable bonds is 9. The van der Waals surface area contributed by atoms with Crippen LogP contribution in [-0.4, -0.2) is 49.1 Å². The molecule has 1 aliphatic rings. The van der Waals surface area contributed by atoms with E-state index in [-0.39, 0.29) is 16.9 Å². The summed E-state index contributed by atoms with van der Waals surface area (Å²) in [6.07, 6.45) is 1.51. The van der Waals surface area contributed by atoms with Gasteiger partial charge >= 0.3 is 0 Å². The molecule has 0 radical (unpaired) electrons. The van der Waals surface area contributed by atoms with E-state index in [9.17, 15) is 14.7 Å². The third-order valence-corrected chi connectivity index (χ3v) is 5.32. The molecule has 7 heteroatoms. The Morgan fingerprint density at radius 3 is 2.25 bits per heavy atom. The number of benzene rings is 2. The fourth-order valence-electron chi connectivity index (χ4n) is 3.91. The van der Waals surface area contributed by atoms with E-state index in [1.807, 2.05) is 38.1 Å². The molecule has 1 fully saturated rings. The van der Waals surface area contributed by atoms with Crippen LogP contribution in [-0.2, 0) is 9.59 Å². The van der Waals surface area contributed by atoms with Gasteiger partial charge in [0, 0.05) is 6.54 Å². The largest absolute Gasteiger partial charge is 0.506 e. The molecule has 1 unspecified atom stereocenters. The highest BCUT2D eigenvalue weighted by Gasteiger charge is 2.46. The maximum Gasteiger partial charge on any atom is 0.295 e. The van der Waals surface area contributed by atoms with Crippen LogP contribution in [0.15, 0.2) is 48.0 Å². The number of ketones is 1. The van der Waals surface area contributed by atoms with Gasteiger partial charge in [0.25, 0.3) is 11.7 Å².